The van der Waals surface area contributed by atoms with Crippen molar-refractivity contribution in [2.24, 2.45) is 7.05 Å². The van der Waals surface area contributed by atoms with E-state index in [-0.39, 0.29) is 13.2 Å². The molecule has 2 N–H and O–H groups in total. The first kappa shape index (κ1) is 13.6. The van der Waals surface area contributed by atoms with Crippen molar-refractivity contribution in [3.05, 3.63) is 15.9 Å². The highest BCUT2D eigenvalue weighted by Gasteiger charge is 2.14. The zero-order valence-corrected chi connectivity index (χ0v) is 11.2. The minimum Gasteiger partial charge on any atom is -0.395 e. The summed E-state index contributed by atoms with van der Waals surface area (Å²) in [6, 6.07) is 0. The minimum absolute atomic E-state index is 0.0917. The lowest BCUT2D eigenvalue weighted by Gasteiger charge is -2.20. The number of aliphatic hydroxyl groups excluding tert-OH is 2. The molecular weight excluding hydrogens is 274 g/mol. The van der Waals surface area contributed by atoms with Gasteiger partial charge in [0.25, 0.3) is 0 Å². The number of rotatable bonds is 6. The van der Waals surface area contributed by atoms with Gasteiger partial charge in [-0.05, 0) is 22.9 Å². The van der Waals surface area contributed by atoms with Gasteiger partial charge in [0.1, 0.15) is 0 Å². The molecule has 0 amide bonds. The molecule has 0 bridgehead atoms. The summed E-state index contributed by atoms with van der Waals surface area (Å²) >= 11 is 3.50. The molecular formula is C10H18BrN3O2. The van der Waals surface area contributed by atoms with Gasteiger partial charge in [0.15, 0.2) is 0 Å². The van der Waals surface area contributed by atoms with Crippen LogP contribution in [0.25, 0.3) is 0 Å². The van der Waals surface area contributed by atoms with Crippen LogP contribution < -0.4 is 0 Å². The van der Waals surface area contributed by atoms with Crippen molar-refractivity contribution in [3.8, 4) is 0 Å². The fourth-order valence-electron chi connectivity index (χ4n) is 1.62. The Morgan fingerprint density at radius 1 is 1.31 bits per heavy atom. The average Bonchev–Trinajstić information content (AvgIpc) is 2.46. The van der Waals surface area contributed by atoms with Crippen LogP contribution in [-0.4, -0.2) is 51.2 Å². The molecule has 0 fully saturated rings. The van der Waals surface area contributed by atoms with Crippen LogP contribution in [0.2, 0.25) is 0 Å². The van der Waals surface area contributed by atoms with Crippen LogP contribution in [0.3, 0.4) is 0 Å². The van der Waals surface area contributed by atoms with Crippen LogP contribution in [0.5, 0.6) is 0 Å². The van der Waals surface area contributed by atoms with E-state index in [0.717, 1.165) is 15.9 Å². The smallest absolute Gasteiger partial charge is 0.0739 e. The molecule has 1 aromatic heterocycles. The molecule has 0 spiro atoms. The zero-order chi connectivity index (χ0) is 12.1. The fraction of sp³-hybridized carbons (Fsp3) is 0.700. The Labute approximate surface area is 104 Å². The number of nitrogens with zero attached hydrogens (tertiary/aromatic N) is 3. The number of hydrogen-bond acceptors (Lipinski definition) is 4. The van der Waals surface area contributed by atoms with Crippen LogP contribution in [0, 0.1) is 6.92 Å². The van der Waals surface area contributed by atoms with Gasteiger partial charge in [-0.2, -0.15) is 5.10 Å². The summed E-state index contributed by atoms with van der Waals surface area (Å²) in [5.41, 5.74) is 2.00. The van der Waals surface area contributed by atoms with Crippen molar-refractivity contribution in [1.82, 2.24) is 14.7 Å². The topological polar surface area (TPSA) is 61.5 Å². The summed E-state index contributed by atoms with van der Waals surface area (Å²) in [6.45, 7) is 3.90. The lowest BCUT2D eigenvalue weighted by molar-refractivity contribution is 0.153. The summed E-state index contributed by atoms with van der Waals surface area (Å²) < 4.78 is 2.82. The van der Waals surface area contributed by atoms with Crippen LogP contribution in [0.15, 0.2) is 4.47 Å². The van der Waals surface area contributed by atoms with Gasteiger partial charge in [0.2, 0.25) is 0 Å². The van der Waals surface area contributed by atoms with E-state index in [2.05, 4.69) is 21.0 Å². The number of halogens is 1. The van der Waals surface area contributed by atoms with Crippen molar-refractivity contribution in [3.63, 3.8) is 0 Å². The lowest BCUT2D eigenvalue weighted by Crippen LogP contribution is -2.30. The van der Waals surface area contributed by atoms with E-state index in [0.29, 0.717) is 19.6 Å². The maximum atomic E-state index is 8.93. The van der Waals surface area contributed by atoms with Gasteiger partial charge in [0, 0.05) is 26.7 Å². The third kappa shape index (κ3) is 3.28. The molecule has 0 saturated heterocycles. The first-order valence-corrected chi connectivity index (χ1v) is 6.01. The SMILES string of the molecule is Cc1nn(C)c(CN(CCO)CCO)c1Br. The van der Waals surface area contributed by atoms with Gasteiger partial charge in [-0.25, -0.2) is 0 Å². The van der Waals surface area contributed by atoms with E-state index in [1.807, 2.05) is 23.6 Å². The standard InChI is InChI=1S/C10H18BrN3O2/c1-8-10(11)9(13(2)12-8)7-14(3-5-15)4-6-16/h15-16H,3-7H2,1-2H3. The van der Waals surface area contributed by atoms with Gasteiger partial charge in [-0.15, -0.1) is 0 Å². The van der Waals surface area contributed by atoms with Gasteiger partial charge in [0.05, 0.1) is 29.1 Å². The van der Waals surface area contributed by atoms with Crippen LogP contribution in [0.1, 0.15) is 11.4 Å². The first-order valence-electron chi connectivity index (χ1n) is 5.22. The molecule has 0 unspecified atom stereocenters. The van der Waals surface area contributed by atoms with Crippen molar-refractivity contribution in [2.45, 2.75) is 13.5 Å². The van der Waals surface area contributed by atoms with Crippen molar-refractivity contribution >= 4 is 15.9 Å². The zero-order valence-electron chi connectivity index (χ0n) is 9.65. The maximum absolute atomic E-state index is 8.93. The van der Waals surface area contributed by atoms with E-state index in [4.69, 9.17) is 10.2 Å². The highest BCUT2D eigenvalue weighted by molar-refractivity contribution is 9.10. The van der Waals surface area contributed by atoms with E-state index < -0.39 is 0 Å². The van der Waals surface area contributed by atoms with E-state index in [1.165, 1.54) is 0 Å². The summed E-state index contributed by atoms with van der Waals surface area (Å²) in [5.74, 6) is 0. The minimum atomic E-state index is 0.0917. The molecule has 0 aliphatic rings. The monoisotopic (exact) mass is 291 g/mol. The predicted molar refractivity (Wildman–Crippen MR) is 65.1 cm³/mol. The second-order valence-corrected chi connectivity index (χ2v) is 4.49. The van der Waals surface area contributed by atoms with Crippen LogP contribution in [-0.2, 0) is 13.6 Å². The number of aromatic nitrogens is 2. The highest BCUT2D eigenvalue weighted by Crippen LogP contribution is 2.21. The Morgan fingerprint density at radius 3 is 2.25 bits per heavy atom. The molecule has 1 rings (SSSR count). The number of aryl methyl sites for hydroxylation is 2. The van der Waals surface area contributed by atoms with Crippen molar-refractivity contribution in [2.75, 3.05) is 26.3 Å². The van der Waals surface area contributed by atoms with Gasteiger partial charge >= 0.3 is 0 Å². The molecule has 5 nitrogen and oxygen atoms in total. The molecule has 0 aliphatic heterocycles. The third-order valence-electron chi connectivity index (χ3n) is 2.47. The number of aliphatic hydroxyl groups is 2. The van der Waals surface area contributed by atoms with E-state index >= 15 is 0 Å². The molecule has 1 aromatic rings. The summed E-state index contributed by atoms with van der Waals surface area (Å²) in [6.07, 6.45) is 0. The molecule has 16 heavy (non-hydrogen) atoms. The number of hydrogen-bond donors (Lipinski definition) is 2. The Balaban J connectivity index is 2.76. The van der Waals surface area contributed by atoms with Crippen molar-refractivity contribution < 1.29 is 10.2 Å². The van der Waals surface area contributed by atoms with Crippen molar-refractivity contribution in [1.29, 1.82) is 0 Å². The van der Waals surface area contributed by atoms with Crippen LogP contribution >= 0.6 is 15.9 Å². The summed E-state index contributed by atoms with van der Waals surface area (Å²) in [4.78, 5) is 1.99. The first-order chi connectivity index (χ1) is 7.60. The molecule has 0 aliphatic carbocycles. The predicted octanol–water partition coefficient (Wildman–Crippen LogP) is 0.278. The normalized spacial score (nSPS) is 11.4. The quantitative estimate of drug-likeness (QED) is 0.790. The third-order valence-corrected chi connectivity index (χ3v) is 3.50. The van der Waals surface area contributed by atoms with Gasteiger partial charge < -0.3 is 10.2 Å². The molecule has 6 heteroatoms. The Hall–Kier alpha value is -0.430. The fourth-order valence-corrected chi connectivity index (χ4v) is 2.08. The highest BCUT2D eigenvalue weighted by atomic mass is 79.9. The Bertz CT molecular complexity index is 335. The molecule has 92 valence electrons. The second-order valence-electron chi connectivity index (χ2n) is 3.69. The maximum Gasteiger partial charge on any atom is 0.0739 e. The Kier molecular flexibility index (Phi) is 5.40. The molecule has 1 heterocycles. The van der Waals surface area contributed by atoms with Gasteiger partial charge in [-0.3, -0.25) is 9.58 Å². The second kappa shape index (κ2) is 6.34. The molecule has 0 atom stereocenters. The van der Waals surface area contributed by atoms with E-state index in [1.54, 1.807) is 0 Å². The average molecular weight is 292 g/mol. The van der Waals surface area contributed by atoms with E-state index in [9.17, 15) is 0 Å². The Morgan fingerprint density at radius 2 is 1.88 bits per heavy atom. The summed E-state index contributed by atoms with van der Waals surface area (Å²) in [5, 5.41) is 22.2. The molecule has 0 aromatic carbocycles. The van der Waals surface area contributed by atoms with Gasteiger partial charge in [-0.1, -0.05) is 0 Å². The lowest BCUT2D eigenvalue weighted by atomic mass is 10.3. The largest absolute Gasteiger partial charge is 0.395 e. The van der Waals surface area contributed by atoms with Crippen LogP contribution in [0.4, 0.5) is 0 Å². The summed E-state index contributed by atoms with van der Waals surface area (Å²) in [7, 11) is 1.89. The molecule has 0 saturated carbocycles. The molecule has 0 radical (unpaired) electrons.